The summed E-state index contributed by atoms with van der Waals surface area (Å²) in [5.74, 6) is 0.553. The number of hydrogen-bond acceptors (Lipinski definition) is 5. The fraction of sp³-hybridized carbons (Fsp3) is 0.759. The quantitative estimate of drug-likeness (QED) is 0.479. The van der Waals surface area contributed by atoms with Gasteiger partial charge in [-0.1, -0.05) is 17.7 Å². The molecule has 0 aromatic rings. The van der Waals surface area contributed by atoms with E-state index in [1.54, 1.807) is 4.90 Å². The summed E-state index contributed by atoms with van der Waals surface area (Å²) in [5.41, 5.74) is 1.44. The number of carbonyl (C=O) groups is 3. The third-order valence-electron chi connectivity index (χ3n) is 9.84. The molecule has 3 fully saturated rings. The predicted octanol–water partition coefficient (Wildman–Crippen LogP) is 2.01. The number of rotatable bonds is 2. The van der Waals surface area contributed by atoms with Gasteiger partial charge in [0.1, 0.15) is 5.54 Å². The summed E-state index contributed by atoms with van der Waals surface area (Å²) in [5, 5.41) is 9.92. The molecule has 38 heavy (non-hydrogen) atoms. The average Bonchev–Trinajstić information content (AvgIpc) is 3.18. The number of likely N-dealkylation sites (tertiary alicyclic amines) is 1. The Morgan fingerprint density at radius 3 is 2.55 bits per heavy atom. The Hall–Kier alpha value is -2.39. The molecule has 0 radical (unpaired) electrons. The lowest BCUT2D eigenvalue weighted by Crippen LogP contribution is -2.65. The van der Waals surface area contributed by atoms with Crippen LogP contribution in [0.15, 0.2) is 23.3 Å². The highest BCUT2D eigenvalue weighted by Gasteiger charge is 2.52. The molecule has 2 spiro atoms. The van der Waals surface area contributed by atoms with Crippen molar-refractivity contribution >= 4 is 17.8 Å². The molecule has 5 heterocycles. The molecule has 3 N–H and O–H groups in total. The molecule has 5 rings (SSSR count). The lowest BCUT2D eigenvalue weighted by atomic mass is 9.78. The maximum Gasteiger partial charge on any atom is 0.317 e. The summed E-state index contributed by atoms with van der Waals surface area (Å²) < 4.78 is 0. The smallest absolute Gasteiger partial charge is 0.317 e. The zero-order valence-corrected chi connectivity index (χ0v) is 23.5. The van der Waals surface area contributed by atoms with Crippen LogP contribution in [0.1, 0.15) is 64.2 Å². The molecule has 4 unspecified atom stereocenters. The molecule has 4 atom stereocenters. The Labute approximate surface area is 227 Å². The van der Waals surface area contributed by atoms with Crippen LogP contribution >= 0.6 is 0 Å². The minimum absolute atomic E-state index is 0.0267. The van der Waals surface area contributed by atoms with Crippen LogP contribution < -0.4 is 16.0 Å². The molecule has 0 aromatic carbocycles. The second-order valence-electron chi connectivity index (χ2n) is 12.3. The Balaban J connectivity index is 1.34. The molecule has 0 bridgehead atoms. The summed E-state index contributed by atoms with van der Waals surface area (Å²) in [4.78, 5) is 45.2. The average molecular weight is 527 g/mol. The van der Waals surface area contributed by atoms with Gasteiger partial charge in [0.15, 0.2) is 0 Å². The lowest BCUT2D eigenvalue weighted by Gasteiger charge is -2.44. The summed E-state index contributed by atoms with van der Waals surface area (Å²) in [7, 11) is 5.86. The van der Waals surface area contributed by atoms with E-state index in [0.29, 0.717) is 19.5 Å². The van der Waals surface area contributed by atoms with E-state index in [0.717, 1.165) is 77.4 Å². The zero-order chi connectivity index (χ0) is 26.9. The van der Waals surface area contributed by atoms with Gasteiger partial charge in [-0.3, -0.25) is 19.8 Å². The standard InChI is InChI=1S/C29H46N6O3/c1-33-16-6-4-5-9-21(18-31-27(33)38)23-17-29(35(3)20-23)14-11-22(19-34(2)26(29)37)24-10-7-12-28(32-24)13-8-15-30-25(28)36/h9,11,23-24,32H,4-8,10,12-20H2,1-3H3,(H,30,36)(H,31,38)/b21-9+. The van der Waals surface area contributed by atoms with Crippen LogP contribution in [0.25, 0.3) is 0 Å². The van der Waals surface area contributed by atoms with Crippen LogP contribution in [0.4, 0.5) is 4.79 Å². The summed E-state index contributed by atoms with van der Waals surface area (Å²) in [6, 6.07) is 0.0924. The van der Waals surface area contributed by atoms with Crippen LogP contribution in [0, 0.1) is 5.92 Å². The van der Waals surface area contributed by atoms with Crippen LogP contribution in [0.2, 0.25) is 0 Å². The van der Waals surface area contributed by atoms with Gasteiger partial charge < -0.3 is 20.4 Å². The fourth-order valence-electron chi connectivity index (χ4n) is 7.47. The lowest BCUT2D eigenvalue weighted by molar-refractivity contribution is -0.140. The summed E-state index contributed by atoms with van der Waals surface area (Å²) >= 11 is 0. The number of piperidine rings is 2. The van der Waals surface area contributed by atoms with Crippen molar-refractivity contribution in [3.05, 3.63) is 23.3 Å². The largest absolute Gasteiger partial charge is 0.354 e. The van der Waals surface area contributed by atoms with Crippen molar-refractivity contribution in [1.82, 2.24) is 30.7 Å². The number of carbonyl (C=O) groups excluding carboxylic acids is 3. The minimum atomic E-state index is -0.577. The Bertz CT molecular complexity index is 1010. The number of nitrogens with zero attached hydrogens (tertiary/aromatic N) is 3. The fourth-order valence-corrected chi connectivity index (χ4v) is 7.47. The van der Waals surface area contributed by atoms with Crippen molar-refractivity contribution in [2.24, 2.45) is 5.92 Å². The van der Waals surface area contributed by atoms with Gasteiger partial charge in [-0.2, -0.15) is 0 Å². The van der Waals surface area contributed by atoms with Gasteiger partial charge in [-0.05, 0) is 82.7 Å². The monoisotopic (exact) mass is 526 g/mol. The van der Waals surface area contributed by atoms with Crippen molar-refractivity contribution < 1.29 is 14.4 Å². The first-order valence-corrected chi connectivity index (χ1v) is 14.6. The first-order chi connectivity index (χ1) is 18.2. The van der Waals surface area contributed by atoms with E-state index in [9.17, 15) is 14.4 Å². The van der Waals surface area contributed by atoms with Crippen molar-refractivity contribution in [2.45, 2.75) is 81.3 Å². The van der Waals surface area contributed by atoms with Crippen molar-refractivity contribution in [2.75, 3.05) is 53.9 Å². The molecule has 3 saturated heterocycles. The summed E-state index contributed by atoms with van der Waals surface area (Å²) in [6.45, 7) is 3.49. The van der Waals surface area contributed by atoms with E-state index in [1.807, 2.05) is 19.0 Å². The van der Waals surface area contributed by atoms with E-state index < -0.39 is 11.1 Å². The van der Waals surface area contributed by atoms with Gasteiger partial charge in [0.05, 0.1) is 5.54 Å². The molecule has 5 aliphatic heterocycles. The normalized spacial score (nSPS) is 37.4. The molecule has 0 aromatic heterocycles. The Kier molecular flexibility index (Phi) is 7.87. The van der Waals surface area contributed by atoms with Gasteiger partial charge >= 0.3 is 6.03 Å². The number of nitrogens with one attached hydrogen (secondary N) is 3. The third kappa shape index (κ3) is 5.11. The topological polar surface area (TPSA) is 97.0 Å². The van der Waals surface area contributed by atoms with E-state index in [-0.39, 0.29) is 29.8 Å². The maximum atomic E-state index is 14.0. The van der Waals surface area contributed by atoms with E-state index in [4.69, 9.17) is 0 Å². The third-order valence-corrected chi connectivity index (χ3v) is 9.84. The number of likely N-dealkylation sites (N-methyl/N-ethyl adjacent to an activating group) is 2. The first kappa shape index (κ1) is 27.2. The van der Waals surface area contributed by atoms with Crippen LogP contribution in [0.5, 0.6) is 0 Å². The predicted molar refractivity (Wildman–Crippen MR) is 148 cm³/mol. The van der Waals surface area contributed by atoms with E-state index in [1.165, 1.54) is 11.1 Å². The van der Waals surface area contributed by atoms with Crippen LogP contribution in [-0.2, 0) is 9.59 Å². The highest BCUT2D eigenvalue weighted by atomic mass is 16.2. The molecule has 210 valence electrons. The van der Waals surface area contributed by atoms with E-state index in [2.05, 4.69) is 40.0 Å². The highest BCUT2D eigenvalue weighted by Crippen LogP contribution is 2.42. The second kappa shape index (κ2) is 11.0. The molecule has 9 heteroatoms. The molecule has 0 aliphatic carbocycles. The van der Waals surface area contributed by atoms with Crippen LogP contribution in [0.3, 0.4) is 0 Å². The van der Waals surface area contributed by atoms with Gasteiger partial charge in [-0.25, -0.2) is 4.79 Å². The van der Waals surface area contributed by atoms with Gasteiger partial charge in [0.2, 0.25) is 11.8 Å². The zero-order valence-electron chi connectivity index (χ0n) is 23.5. The number of amides is 4. The highest BCUT2D eigenvalue weighted by molar-refractivity contribution is 5.88. The molecule has 9 nitrogen and oxygen atoms in total. The van der Waals surface area contributed by atoms with E-state index >= 15 is 0 Å². The maximum absolute atomic E-state index is 14.0. The Morgan fingerprint density at radius 2 is 1.74 bits per heavy atom. The molecular formula is C29H46N6O3. The van der Waals surface area contributed by atoms with Gasteiger partial charge in [0, 0.05) is 52.9 Å². The SMILES string of the molecule is CN1CCCC/C=C(/C2CN(C)C3(CC=C(C4CCCC5(CCCNC5=O)N4)CN(C)C3=O)C2)CNC1=O. The second-order valence-corrected chi connectivity index (χ2v) is 12.3. The number of hydrogen-bond donors (Lipinski definition) is 3. The van der Waals surface area contributed by atoms with Crippen LogP contribution in [-0.4, -0.2) is 104 Å². The van der Waals surface area contributed by atoms with Gasteiger partial charge in [0.25, 0.3) is 0 Å². The molecular weight excluding hydrogens is 480 g/mol. The van der Waals surface area contributed by atoms with Gasteiger partial charge in [-0.15, -0.1) is 0 Å². The van der Waals surface area contributed by atoms with Crippen molar-refractivity contribution in [3.8, 4) is 0 Å². The first-order valence-electron chi connectivity index (χ1n) is 14.6. The summed E-state index contributed by atoms with van der Waals surface area (Å²) in [6.07, 6.45) is 13.9. The molecule has 0 saturated carbocycles. The molecule has 5 aliphatic rings. The van der Waals surface area contributed by atoms with Crippen molar-refractivity contribution in [1.29, 1.82) is 0 Å². The van der Waals surface area contributed by atoms with Crippen molar-refractivity contribution in [3.63, 3.8) is 0 Å². The number of urea groups is 1. The Morgan fingerprint density at radius 1 is 0.921 bits per heavy atom. The number of allylic oxidation sites excluding steroid dienone is 1. The minimum Gasteiger partial charge on any atom is -0.354 e. The molecule has 4 amide bonds.